The molecule has 2 rings (SSSR count). The van der Waals surface area contributed by atoms with E-state index in [1.807, 2.05) is 6.07 Å². The number of furan rings is 1. The summed E-state index contributed by atoms with van der Waals surface area (Å²) in [6.07, 6.45) is 2.14. The Balaban J connectivity index is 1.97. The Hall–Kier alpha value is -2.83. The van der Waals surface area contributed by atoms with Crippen molar-refractivity contribution in [3.8, 4) is 0 Å². The van der Waals surface area contributed by atoms with Gasteiger partial charge in [0.25, 0.3) is 0 Å². The third kappa shape index (κ3) is 5.08. The van der Waals surface area contributed by atoms with Crippen LogP contribution in [0.4, 0.5) is 9.18 Å². The molecule has 3 amide bonds. The number of halogens is 1. The first-order valence-corrected chi connectivity index (χ1v) is 8.40. The van der Waals surface area contributed by atoms with Crippen LogP contribution in [0.3, 0.4) is 0 Å². The highest BCUT2D eigenvalue weighted by atomic mass is 19.1. The molecule has 26 heavy (non-hydrogen) atoms. The lowest BCUT2D eigenvalue weighted by Crippen LogP contribution is -2.56. The van der Waals surface area contributed by atoms with Gasteiger partial charge >= 0.3 is 6.03 Å². The molecule has 0 unspecified atom stereocenters. The average Bonchev–Trinajstić information content (AvgIpc) is 3.12. The minimum atomic E-state index is -1.02. The first kappa shape index (κ1) is 19.5. The van der Waals surface area contributed by atoms with Gasteiger partial charge in [-0.3, -0.25) is 4.79 Å². The molecule has 1 atom stereocenters. The fraction of sp³-hybridized carbons (Fsp3) is 0.368. The maximum Gasteiger partial charge on any atom is 0.315 e. The molecule has 2 aromatic rings. The van der Waals surface area contributed by atoms with Crippen LogP contribution in [0.25, 0.3) is 0 Å². The van der Waals surface area contributed by atoms with Crippen molar-refractivity contribution >= 4 is 11.9 Å². The van der Waals surface area contributed by atoms with Crippen LogP contribution in [0.15, 0.2) is 47.1 Å². The van der Waals surface area contributed by atoms with Gasteiger partial charge in [-0.1, -0.05) is 12.1 Å². The second-order valence-electron chi connectivity index (χ2n) is 6.49. The number of benzene rings is 1. The molecule has 0 bridgehead atoms. The Morgan fingerprint density at radius 3 is 2.46 bits per heavy atom. The number of carbonyl (C=O) groups excluding carboxylic acids is 2. The van der Waals surface area contributed by atoms with Gasteiger partial charge in [0.05, 0.1) is 6.26 Å². The molecule has 140 valence electrons. The fourth-order valence-electron chi connectivity index (χ4n) is 2.69. The number of nitrogens with one attached hydrogen (secondary N) is 3. The van der Waals surface area contributed by atoms with Crippen molar-refractivity contribution in [3.63, 3.8) is 0 Å². The number of hydrogen-bond acceptors (Lipinski definition) is 3. The minimum Gasteiger partial charge on any atom is -0.469 e. The fourth-order valence-corrected chi connectivity index (χ4v) is 2.69. The van der Waals surface area contributed by atoms with Gasteiger partial charge in [-0.2, -0.15) is 0 Å². The second-order valence-corrected chi connectivity index (χ2v) is 6.49. The molecule has 0 aliphatic heterocycles. The van der Waals surface area contributed by atoms with Crippen LogP contribution >= 0.6 is 0 Å². The zero-order valence-electron chi connectivity index (χ0n) is 15.1. The predicted octanol–water partition coefficient (Wildman–Crippen LogP) is 2.76. The molecular weight excluding hydrogens is 337 g/mol. The monoisotopic (exact) mass is 361 g/mol. The minimum absolute atomic E-state index is 0.113. The maximum absolute atomic E-state index is 13.2. The van der Waals surface area contributed by atoms with Crippen LogP contribution in [0.1, 0.15) is 37.5 Å². The standard InChI is InChI=1S/C19H24FN3O3/c1-19(2,17(24)21-3)23-18(25)22-11-10-15(16-5-4-12-26-16)13-6-8-14(20)9-7-13/h4-9,12,15H,10-11H2,1-3H3,(H,21,24)(H2,22,23,25)/t15-/m0/s1. The van der Waals surface area contributed by atoms with Crippen LogP contribution in [0.5, 0.6) is 0 Å². The van der Waals surface area contributed by atoms with E-state index in [4.69, 9.17) is 4.42 Å². The lowest BCUT2D eigenvalue weighted by atomic mass is 9.93. The van der Waals surface area contributed by atoms with Gasteiger partial charge in [0.1, 0.15) is 17.1 Å². The summed E-state index contributed by atoms with van der Waals surface area (Å²) < 4.78 is 18.7. The zero-order valence-corrected chi connectivity index (χ0v) is 15.1. The first-order valence-electron chi connectivity index (χ1n) is 8.40. The maximum atomic E-state index is 13.2. The molecule has 0 aliphatic rings. The third-order valence-electron chi connectivity index (χ3n) is 4.10. The molecule has 0 fully saturated rings. The first-order chi connectivity index (χ1) is 12.3. The van der Waals surface area contributed by atoms with Crippen LogP contribution in [0.2, 0.25) is 0 Å². The molecule has 6 nitrogen and oxygen atoms in total. The Morgan fingerprint density at radius 1 is 1.19 bits per heavy atom. The summed E-state index contributed by atoms with van der Waals surface area (Å²) in [6, 6.07) is 9.42. The van der Waals surface area contributed by atoms with Crippen LogP contribution in [-0.4, -0.2) is 31.1 Å². The quantitative estimate of drug-likeness (QED) is 0.709. The van der Waals surface area contributed by atoms with Gasteiger partial charge in [0, 0.05) is 19.5 Å². The molecule has 0 saturated heterocycles. The lowest BCUT2D eigenvalue weighted by molar-refractivity contribution is -0.125. The molecule has 1 aromatic heterocycles. The van der Waals surface area contributed by atoms with Crippen molar-refractivity contribution < 1.29 is 18.4 Å². The summed E-state index contributed by atoms with van der Waals surface area (Å²) in [5.74, 6) is 0.0376. The lowest BCUT2D eigenvalue weighted by Gasteiger charge is -2.24. The van der Waals surface area contributed by atoms with Crippen LogP contribution < -0.4 is 16.0 Å². The normalized spacial score (nSPS) is 12.3. The summed E-state index contributed by atoms with van der Waals surface area (Å²) in [5, 5.41) is 7.88. The molecule has 1 aromatic carbocycles. The van der Waals surface area contributed by atoms with E-state index < -0.39 is 11.6 Å². The molecule has 7 heteroatoms. The highest BCUT2D eigenvalue weighted by Gasteiger charge is 2.28. The summed E-state index contributed by atoms with van der Waals surface area (Å²) in [5.41, 5.74) is -0.120. The Bertz CT molecular complexity index is 727. The molecule has 3 N–H and O–H groups in total. The third-order valence-corrected chi connectivity index (χ3v) is 4.10. The van der Waals surface area contributed by atoms with E-state index in [9.17, 15) is 14.0 Å². The van der Waals surface area contributed by atoms with E-state index >= 15 is 0 Å². The van der Waals surface area contributed by atoms with Crippen molar-refractivity contribution in [1.29, 1.82) is 0 Å². The molecule has 0 aliphatic carbocycles. The van der Waals surface area contributed by atoms with Crippen molar-refractivity contribution in [1.82, 2.24) is 16.0 Å². The van der Waals surface area contributed by atoms with Gasteiger partial charge < -0.3 is 20.4 Å². The zero-order chi connectivity index (χ0) is 19.2. The number of rotatable bonds is 7. The Morgan fingerprint density at radius 2 is 1.88 bits per heavy atom. The number of urea groups is 1. The molecule has 1 heterocycles. The summed E-state index contributed by atoms with van der Waals surface area (Å²) in [4.78, 5) is 23.8. The van der Waals surface area contributed by atoms with Crippen molar-refractivity contribution in [2.45, 2.75) is 31.7 Å². The molecular formula is C19H24FN3O3. The summed E-state index contributed by atoms with van der Waals surface area (Å²) in [6.45, 7) is 3.60. The number of carbonyl (C=O) groups is 2. The largest absolute Gasteiger partial charge is 0.469 e. The molecule has 0 radical (unpaired) electrons. The SMILES string of the molecule is CNC(=O)C(C)(C)NC(=O)NCC[C@@H](c1ccc(F)cc1)c1ccco1. The number of hydrogen-bond donors (Lipinski definition) is 3. The number of amides is 3. The topological polar surface area (TPSA) is 83.4 Å². The van der Waals surface area contributed by atoms with E-state index in [2.05, 4.69) is 16.0 Å². The van der Waals surface area contributed by atoms with Gasteiger partial charge in [0.2, 0.25) is 5.91 Å². The Labute approximate surface area is 152 Å². The van der Waals surface area contributed by atoms with Gasteiger partial charge in [-0.25, -0.2) is 9.18 Å². The van der Waals surface area contributed by atoms with E-state index in [1.54, 1.807) is 38.3 Å². The summed E-state index contributed by atoms with van der Waals surface area (Å²) in [7, 11) is 1.51. The van der Waals surface area contributed by atoms with E-state index in [0.717, 1.165) is 11.3 Å². The van der Waals surface area contributed by atoms with Gasteiger partial charge in [-0.05, 0) is 50.1 Å². The highest BCUT2D eigenvalue weighted by Crippen LogP contribution is 2.28. The number of likely N-dealkylation sites (N-methyl/N-ethyl adjacent to an activating group) is 1. The smallest absolute Gasteiger partial charge is 0.315 e. The Kier molecular flexibility index (Phi) is 6.38. The molecule has 0 spiro atoms. The average molecular weight is 361 g/mol. The van der Waals surface area contributed by atoms with Crippen molar-refractivity contribution in [2.75, 3.05) is 13.6 Å². The second kappa shape index (κ2) is 8.51. The van der Waals surface area contributed by atoms with Crippen LogP contribution in [0, 0.1) is 5.82 Å². The summed E-state index contributed by atoms with van der Waals surface area (Å²) >= 11 is 0. The van der Waals surface area contributed by atoms with Gasteiger partial charge in [-0.15, -0.1) is 0 Å². The predicted molar refractivity (Wildman–Crippen MR) is 96.2 cm³/mol. The van der Waals surface area contributed by atoms with E-state index in [0.29, 0.717) is 13.0 Å². The van der Waals surface area contributed by atoms with Crippen LogP contribution in [-0.2, 0) is 4.79 Å². The van der Waals surface area contributed by atoms with E-state index in [-0.39, 0.29) is 17.6 Å². The van der Waals surface area contributed by atoms with Gasteiger partial charge in [0.15, 0.2) is 0 Å². The highest BCUT2D eigenvalue weighted by molar-refractivity contribution is 5.90. The van der Waals surface area contributed by atoms with E-state index in [1.165, 1.54) is 19.2 Å². The molecule has 0 saturated carbocycles. The van der Waals surface area contributed by atoms with Crippen molar-refractivity contribution in [2.24, 2.45) is 0 Å². The van der Waals surface area contributed by atoms with Crippen molar-refractivity contribution in [3.05, 3.63) is 59.8 Å².